The SMILES string of the molecule is COc1cc2c(cc1OC)CN(C(=O)C1CCCN(c3ccc(-n4ccnc4C)nn3)C1)CC2. The highest BCUT2D eigenvalue weighted by molar-refractivity contribution is 5.80. The van der Waals surface area contributed by atoms with Gasteiger partial charge in [0.2, 0.25) is 5.91 Å². The molecule has 9 nitrogen and oxygen atoms in total. The van der Waals surface area contributed by atoms with E-state index in [2.05, 4.69) is 20.1 Å². The van der Waals surface area contributed by atoms with Gasteiger partial charge in [-0.15, -0.1) is 10.2 Å². The molecule has 3 aromatic rings. The lowest BCUT2D eigenvalue weighted by molar-refractivity contribution is -0.136. The van der Waals surface area contributed by atoms with Crippen LogP contribution in [0.15, 0.2) is 36.7 Å². The molecule has 0 saturated carbocycles. The number of carbonyl (C=O) groups is 1. The first-order valence-electron chi connectivity index (χ1n) is 11.7. The first kappa shape index (κ1) is 22.2. The summed E-state index contributed by atoms with van der Waals surface area (Å²) in [6, 6.07) is 7.96. The van der Waals surface area contributed by atoms with Crippen LogP contribution in [0.25, 0.3) is 5.82 Å². The molecule has 2 aromatic heterocycles. The molecule has 0 aliphatic carbocycles. The minimum Gasteiger partial charge on any atom is -0.493 e. The molecule has 1 aromatic carbocycles. The van der Waals surface area contributed by atoms with Crippen LogP contribution in [0.4, 0.5) is 5.82 Å². The number of ether oxygens (including phenoxy) is 2. The van der Waals surface area contributed by atoms with Gasteiger partial charge in [0.15, 0.2) is 23.1 Å². The summed E-state index contributed by atoms with van der Waals surface area (Å²) in [4.78, 5) is 21.9. The first-order valence-corrected chi connectivity index (χ1v) is 11.7. The topological polar surface area (TPSA) is 85.6 Å². The van der Waals surface area contributed by atoms with Crippen molar-refractivity contribution in [2.75, 3.05) is 38.8 Å². The van der Waals surface area contributed by atoms with Crippen LogP contribution in [-0.4, -0.2) is 64.4 Å². The predicted molar refractivity (Wildman–Crippen MR) is 127 cm³/mol. The van der Waals surface area contributed by atoms with Crippen LogP contribution >= 0.6 is 0 Å². The van der Waals surface area contributed by atoms with E-state index in [0.29, 0.717) is 18.8 Å². The van der Waals surface area contributed by atoms with Crippen LogP contribution in [0.1, 0.15) is 29.8 Å². The number of fused-ring (bicyclic) bond motifs is 1. The van der Waals surface area contributed by atoms with E-state index >= 15 is 0 Å². The summed E-state index contributed by atoms with van der Waals surface area (Å²) in [7, 11) is 3.28. The molecule has 9 heteroatoms. The number of hydrogen-bond donors (Lipinski definition) is 0. The lowest BCUT2D eigenvalue weighted by atomic mass is 9.93. The molecule has 1 unspecified atom stereocenters. The fourth-order valence-electron chi connectivity index (χ4n) is 4.95. The molecule has 2 aliphatic rings. The van der Waals surface area contributed by atoms with Gasteiger partial charge in [0.1, 0.15) is 5.82 Å². The smallest absolute Gasteiger partial charge is 0.227 e. The van der Waals surface area contributed by atoms with Gasteiger partial charge in [-0.1, -0.05) is 0 Å². The zero-order valence-electron chi connectivity index (χ0n) is 19.9. The van der Waals surface area contributed by atoms with Crippen LogP contribution < -0.4 is 14.4 Å². The number of imidazole rings is 1. The molecular weight excluding hydrogens is 432 g/mol. The van der Waals surface area contributed by atoms with Crippen LogP contribution in [-0.2, 0) is 17.8 Å². The Bertz CT molecular complexity index is 1180. The fraction of sp³-hybridized carbons (Fsp3) is 0.440. The van der Waals surface area contributed by atoms with Gasteiger partial charge in [0.25, 0.3) is 0 Å². The van der Waals surface area contributed by atoms with Gasteiger partial charge in [0.05, 0.1) is 20.1 Å². The third-order valence-corrected chi connectivity index (χ3v) is 6.83. The highest BCUT2D eigenvalue weighted by atomic mass is 16.5. The molecule has 0 bridgehead atoms. The van der Waals surface area contributed by atoms with Gasteiger partial charge in [-0.05, 0) is 61.6 Å². The predicted octanol–water partition coefficient (Wildman–Crippen LogP) is 2.79. The van der Waals surface area contributed by atoms with Crippen molar-refractivity contribution in [1.82, 2.24) is 24.6 Å². The van der Waals surface area contributed by atoms with E-state index in [9.17, 15) is 4.79 Å². The van der Waals surface area contributed by atoms with Crippen LogP contribution in [0.3, 0.4) is 0 Å². The van der Waals surface area contributed by atoms with Crippen molar-refractivity contribution in [2.24, 2.45) is 5.92 Å². The summed E-state index contributed by atoms with van der Waals surface area (Å²) in [5, 5.41) is 8.83. The van der Waals surface area contributed by atoms with E-state index in [0.717, 1.165) is 61.1 Å². The summed E-state index contributed by atoms with van der Waals surface area (Å²) in [6.45, 7) is 4.79. The summed E-state index contributed by atoms with van der Waals surface area (Å²) >= 11 is 0. The van der Waals surface area contributed by atoms with Gasteiger partial charge in [-0.3, -0.25) is 9.36 Å². The van der Waals surface area contributed by atoms with Crippen molar-refractivity contribution in [3.8, 4) is 17.3 Å². The van der Waals surface area contributed by atoms with Crippen molar-refractivity contribution < 1.29 is 14.3 Å². The molecule has 5 rings (SSSR count). The average Bonchev–Trinajstić information content (AvgIpc) is 3.33. The maximum absolute atomic E-state index is 13.5. The Morgan fingerprint density at radius 1 is 1.03 bits per heavy atom. The van der Waals surface area contributed by atoms with Crippen molar-refractivity contribution >= 4 is 11.7 Å². The third kappa shape index (κ3) is 4.18. The Hall–Kier alpha value is -3.62. The number of anilines is 1. The number of piperidine rings is 1. The van der Waals surface area contributed by atoms with E-state index < -0.39 is 0 Å². The monoisotopic (exact) mass is 462 g/mol. The molecule has 1 saturated heterocycles. The number of carbonyl (C=O) groups excluding carboxylic acids is 1. The van der Waals surface area contributed by atoms with Gasteiger partial charge >= 0.3 is 0 Å². The Labute approximate surface area is 199 Å². The minimum absolute atomic E-state index is 0.0483. The number of hydrogen-bond acceptors (Lipinski definition) is 7. The molecule has 2 aliphatic heterocycles. The standard InChI is InChI=1S/C25H30N6O3/c1-17-26-9-12-31(17)24-7-6-23(27-28-24)29-10-4-5-19(15-29)25(32)30-11-8-18-13-21(33-2)22(34-3)14-20(18)16-30/h6-7,9,12-14,19H,4-5,8,10-11,15-16H2,1-3H3. The number of rotatable bonds is 5. The fourth-order valence-corrected chi connectivity index (χ4v) is 4.95. The quantitative estimate of drug-likeness (QED) is 0.576. The molecule has 1 fully saturated rings. The normalized spacial score (nSPS) is 17.9. The van der Waals surface area contributed by atoms with Crippen LogP contribution in [0, 0.1) is 12.8 Å². The van der Waals surface area contributed by atoms with E-state index in [1.807, 2.05) is 46.9 Å². The minimum atomic E-state index is -0.0483. The number of benzene rings is 1. The van der Waals surface area contributed by atoms with Crippen molar-refractivity contribution in [1.29, 1.82) is 0 Å². The lowest BCUT2D eigenvalue weighted by Gasteiger charge is -2.37. The molecule has 0 spiro atoms. The Morgan fingerprint density at radius 2 is 1.76 bits per heavy atom. The molecule has 34 heavy (non-hydrogen) atoms. The lowest BCUT2D eigenvalue weighted by Crippen LogP contribution is -2.46. The molecule has 0 radical (unpaired) electrons. The second kappa shape index (κ2) is 9.32. The summed E-state index contributed by atoms with van der Waals surface area (Å²) in [6.07, 6.45) is 6.28. The number of aryl methyl sites for hydroxylation is 1. The van der Waals surface area contributed by atoms with Crippen LogP contribution in [0.2, 0.25) is 0 Å². The molecule has 178 valence electrons. The Balaban J connectivity index is 1.27. The second-order valence-corrected chi connectivity index (χ2v) is 8.87. The number of nitrogens with zero attached hydrogens (tertiary/aromatic N) is 6. The second-order valence-electron chi connectivity index (χ2n) is 8.87. The number of amides is 1. The highest BCUT2D eigenvalue weighted by Gasteiger charge is 2.32. The van der Waals surface area contributed by atoms with Crippen molar-refractivity contribution in [3.05, 3.63) is 53.6 Å². The summed E-state index contributed by atoms with van der Waals surface area (Å²) < 4.78 is 12.8. The third-order valence-electron chi connectivity index (χ3n) is 6.83. The van der Waals surface area contributed by atoms with E-state index in [1.54, 1.807) is 20.4 Å². The molecule has 1 amide bonds. The Morgan fingerprint density at radius 3 is 2.44 bits per heavy atom. The maximum Gasteiger partial charge on any atom is 0.227 e. The van der Waals surface area contributed by atoms with Gasteiger partial charge in [0, 0.05) is 38.6 Å². The zero-order chi connectivity index (χ0) is 23.7. The van der Waals surface area contributed by atoms with Crippen molar-refractivity contribution in [3.63, 3.8) is 0 Å². The molecule has 1 atom stereocenters. The van der Waals surface area contributed by atoms with Crippen LogP contribution in [0.5, 0.6) is 11.5 Å². The van der Waals surface area contributed by atoms with Gasteiger partial charge in [-0.25, -0.2) is 4.98 Å². The Kier molecular flexibility index (Phi) is 6.08. The molecule has 4 heterocycles. The summed E-state index contributed by atoms with van der Waals surface area (Å²) in [5.74, 6) is 4.01. The average molecular weight is 463 g/mol. The maximum atomic E-state index is 13.5. The van der Waals surface area contributed by atoms with Crippen molar-refractivity contribution in [2.45, 2.75) is 32.7 Å². The van der Waals surface area contributed by atoms with E-state index in [1.165, 1.54) is 5.56 Å². The van der Waals surface area contributed by atoms with Gasteiger partial charge < -0.3 is 19.3 Å². The van der Waals surface area contributed by atoms with E-state index in [4.69, 9.17) is 9.47 Å². The first-order chi connectivity index (χ1) is 16.6. The zero-order valence-corrected chi connectivity index (χ0v) is 19.9. The molecule has 0 N–H and O–H groups in total. The number of methoxy groups -OCH3 is 2. The van der Waals surface area contributed by atoms with E-state index in [-0.39, 0.29) is 11.8 Å². The van der Waals surface area contributed by atoms with Gasteiger partial charge in [-0.2, -0.15) is 0 Å². The highest BCUT2D eigenvalue weighted by Crippen LogP contribution is 2.34. The largest absolute Gasteiger partial charge is 0.493 e. The summed E-state index contributed by atoms with van der Waals surface area (Å²) in [5.41, 5.74) is 2.34. The molecular formula is C25H30N6O3. The number of aromatic nitrogens is 4.